The SMILES string of the molecule is COc1ccc(-c2nnc(C(=O)N3CCc4[nH]cnc4[C@@H]3c3ncc4ccccc4n3)o2)nc1. The maximum absolute atomic E-state index is 13.5. The van der Waals surface area contributed by atoms with E-state index in [4.69, 9.17) is 14.1 Å². The van der Waals surface area contributed by atoms with Crippen LogP contribution in [0.4, 0.5) is 0 Å². The zero-order valence-corrected chi connectivity index (χ0v) is 18.0. The summed E-state index contributed by atoms with van der Waals surface area (Å²) in [5.41, 5.74) is 2.87. The minimum Gasteiger partial charge on any atom is -0.495 e. The quantitative estimate of drug-likeness (QED) is 0.434. The second kappa shape index (κ2) is 8.03. The molecule has 0 fully saturated rings. The lowest BCUT2D eigenvalue weighted by molar-refractivity contribution is 0.0643. The number of benzene rings is 1. The molecule has 0 aliphatic carbocycles. The summed E-state index contributed by atoms with van der Waals surface area (Å²) in [5, 5.41) is 8.91. The van der Waals surface area contributed by atoms with Crippen LogP contribution < -0.4 is 4.74 Å². The minimum atomic E-state index is -0.596. The number of fused-ring (bicyclic) bond motifs is 2. The summed E-state index contributed by atoms with van der Waals surface area (Å²) in [7, 11) is 1.55. The van der Waals surface area contributed by atoms with Gasteiger partial charge < -0.3 is 19.0 Å². The highest BCUT2D eigenvalue weighted by Crippen LogP contribution is 2.33. The zero-order valence-electron chi connectivity index (χ0n) is 18.0. The van der Waals surface area contributed by atoms with Crippen molar-refractivity contribution in [3.05, 3.63) is 78.2 Å². The highest BCUT2D eigenvalue weighted by molar-refractivity contribution is 5.90. The van der Waals surface area contributed by atoms with Crippen LogP contribution in [0.1, 0.15) is 33.9 Å². The largest absolute Gasteiger partial charge is 0.495 e. The van der Waals surface area contributed by atoms with Crippen molar-refractivity contribution in [1.82, 2.24) is 40.0 Å². The number of rotatable bonds is 4. The molecule has 0 radical (unpaired) electrons. The predicted octanol–water partition coefficient (Wildman–Crippen LogP) is 2.59. The first-order chi connectivity index (χ1) is 16.7. The van der Waals surface area contributed by atoms with Crippen LogP contribution in [-0.4, -0.2) is 59.6 Å². The smallest absolute Gasteiger partial charge is 0.312 e. The molecular formula is C23H18N8O3. The van der Waals surface area contributed by atoms with Crippen LogP contribution >= 0.6 is 0 Å². The molecule has 5 aromatic rings. The Morgan fingerprint density at radius 2 is 2.03 bits per heavy atom. The van der Waals surface area contributed by atoms with Crippen molar-refractivity contribution in [2.24, 2.45) is 0 Å². The number of amides is 1. The molecule has 34 heavy (non-hydrogen) atoms. The van der Waals surface area contributed by atoms with E-state index in [1.54, 1.807) is 36.7 Å². The lowest BCUT2D eigenvalue weighted by Crippen LogP contribution is -2.41. The highest BCUT2D eigenvalue weighted by atomic mass is 16.5. The molecule has 11 heteroatoms. The Hall–Kier alpha value is -4.67. The summed E-state index contributed by atoms with van der Waals surface area (Å²) in [6, 6.07) is 10.5. The van der Waals surface area contributed by atoms with Gasteiger partial charge in [0.05, 0.1) is 30.8 Å². The normalized spacial score (nSPS) is 15.3. The number of nitrogens with zero attached hydrogens (tertiary/aromatic N) is 7. The Morgan fingerprint density at radius 1 is 1.12 bits per heavy atom. The first kappa shape index (κ1) is 20.0. The second-order valence-electron chi connectivity index (χ2n) is 7.70. The van der Waals surface area contributed by atoms with Gasteiger partial charge in [-0.15, -0.1) is 10.2 Å². The minimum absolute atomic E-state index is 0.141. The number of carbonyl (C=O) groups excluding carboxylic acids is 1. The molecule has 0 unspecified atom stereocenters. The van der Waals surface area contributed by atoms with Crippen molar-refractivity contribution >= 4 is 16.8 Å². The third-order valence-electron chi connectivity index (χ3n) is 5.74. The van der Waals surface area contributed by atoms with Gasteiger partial charge in [-0.3, -0.25) is 4.79 Å². The molecule has 1 aliphatic heterocycles. The van der Waals surface area contributed by atoms with E-state index >= 15 is 0 Å². The molecule has 0 saturated carbocycles. The van der Waals surface area contributed by atoms with Crippen LogP contribution in [0.2, 0.25) is 0 Å². The van der Waals surface area contributed by atoms with Crippen molar-refractivity contribution in [1.29, 1.82) is 0 Å². The Balaban J connectivity index is 1.37. The first-order valence-electron chi connectivity index (χ1n) is 10.6. The van der Waals surface area contributed by atoms with Crippen LogP contribution in [-0.2, 0) is 6.42 Å². The van der Waals surface area contributed by atoms with Gasteiger partial charge in [0.25, 0.3) is 5.89 Å². The molecule has 6 rings (SSSR count). The van der Waals surface area contributed by atoms with Crippen LogP contribution in [0.5, 0.6) is 5.75 Å². The first-order valence-corrected chi connectivity index (χ1v) is 10.6. The Labute approximate surface area is 192 Å². The zero-order chi connectivity index (χ0) is 23.1. The summed E-state index contributed by atoms with van der Waals surface area (Å²) in [6.07, 6.45) is 5.51. The van der Waals surface area contributed by atoms with Crippen LogP contribution in [0, 0.1) is 0 Å². The number of para-hydroxylation sites is 1. The Morgan fingerprint density at radius 3 is 2.88 bits per heavy atom. The maximum atomic E-state index is 13.5. The number of pyridine rings is 1. The lowest BCUT2D eigenvalue weighted by atomic mass is 10.0. The van der Waals surface area contributed by atoms with E-state index in [1.807, 2.05) is 24.3 Å². The van der Waals surface area contributed by atoms with Gasteiger partial charge in [0.1, 0.15) is 17.5 Å². The molecule has 1 amide bonds. The fourth-order valence-corrected chi connectivity index (χ4v) is 4.04. The third-order valence-corrected chi connectivity index (χ3v) is 5.74. The predicted molar refractivity (Wildman–Crippen MR) is 119 cm³/mol. The molecule has 1 aliphatic rings. The van der Waals surface area contributed by atoms with Crippen LogP contribution in [0.15, 0.2) is 59.5 Å². The van der Waals surface area contributed by atoms with Crippen molar-refractivity contribution in [3.8, 4) is 17.3 Å². The molecule has 4 aromatic heterocycles. The Kier molecular flexibility index (Phi) is 4.72. The number of hydrogen-bond donors (Lipinski definition) is 1. The molecule has 11 nitrogen and oxygen atoms in total. The summed E-state index contributed by atoms with van der Waals surface area (Å²) in [5.74, 6) is 0.639. The van der Waals surface area contributed by atoms with Gasteiger partial charge in [-0.1, -0.05) is 18.2 Å². The van der Waals surface area contributed by atoms with Crippen molar-refractivity contribution < 1.29 is 13.9 Å². The summed E-state index contributed by atoms with van der Waals surface area (Å²) < 4.78 is 10.8. The second-order valence-corrected chi connectivity index (χ2v) is 7.70. The fourth-order valence-electron chi connectivity index (χ4n) is 4.04. The van der Waals surface area contributed by atoms with Crippen molar-refractivity contribution in [3.63, 3.8) is 0 Å². The lowest BCUT2D eigenvalue weighted by Gasteiger charge is -2.32. The number of H-pyrrole nitrogens is 1. The highest BCUT2D eigenvalue weighted by Gasteiger charge is 2.38. The molecular weight excluding hydrogens is 436 g/mol. The van der Waals surface area contributed by atoms with Gasteiger partial charge in [0, 0.05) is 30.2 Å². The van der Waals surface area contributed by atoms with Gasteiger partial charge in [-0.25, -0.2) is 19.9 Å². The van der Waals surface area contributed by atoms with E-state index in [2.05, 4.69) is 30.1 Å². The number of aromatic amines is 1. The van der Waals surface area contributed by atoms with Crippen LogP contribution in [0.25, 0.3) is 22.5 Å². The van der Waals surface area contributed by atoms with E-state index in [1.165, 1.54) is 6.20 Å². The van der Waals surface area contributed by atoms with E-state index in [0.29, 0.717) is 35.9 Å². The van der Waals surface area contributed by atoms with Crippen molar-refractivity contribution in [2.45, 2.75) is 12.5 Å². The molecule has 168 valence electrons. The van der Waals surface area contributed by atoms with E-state index < -0.39 is 11.9 Å². The van der Waals surface area contributed by atoms with Crippen LogP contribution in [0.3, 0.4) is 0 Å². The van der Waals surface area contributed by atoms with Crippen molar-refractivity contribution in [2.75, 3.05) is 13.7 Å². The number of aromatic nitrogens is 7. The summed E-state index contributed by atoms with van der Waals surface area (Å²) in [4.78, 5) is 36.3. The number of carbonyl (C=O) groups is 1. The maximum Gasteiger partial charge on any atom is 0.312 e. The fraction of sp³-hybridized carbons (Fsp3) is 0.174. The Bertz CT molecular complexity index is 1490. The molecule has 1 N–H and O–H groups in total. The average molecular weight is 454 g/mol. The monoisotopic (exact) mass is 454 g/mol. The molecule has 0 bridgehead atoms. The molecule has 5 heterocycles. The number of methoxy groups -OCH3 is 1. The molecule has 0 saturated heterocycles. The van der Waals surface area contributed by atoms with Gasteiger partial charge in [0.15, 0.2) is 5.82 Å². The van der Waals surface area contributed by atoms with E-state index in [0.717, 1.165) is 16.6 Å². The number of imidazole rings is 1. The van der Waals surface area contributed by atoms with Gasteiger partial charge in [-0.2, -0.15) is 0 Å². The standard InChI is InChI=1S/C23H18N8O3/c1-33-14-6-7-17(24-11-14)21-29-30-22(34-21)23(32)31-9-8-16-18(27-12-26-16)19(31)20-25-10-13-4-2-3-5-15(13)28-20/h2-7,10-12,19H,8-9H2,1H3,(H,26,27)/t19-/m1/s1. The number of ether oxygens (including phenoxy) is 1. The van der Waals surface area contributed by atoms with E-state index in [-0.39, 0.29) is 11.8 Å². The average Bonchev–Trinajstić information content (AvgIpc) is 3.57. The topological polar surface area (TPSA) is 136 Å². The molecule has 1 aromatic carbocycles. The molecule has 1 atom stereocenters. The van der Waals surface area contributed by atoms with Gasteiger partial charge in [0.2, 0.25) is 0 Å². The summed E-state index contributed by atoms with van der Waals surface area (Å²) in [6.45, 7) is 0.410. The van der Waals surface area contributed by atoms with Gasteiger partial charge in [-0.05, 0) is 18.2 Å². The summed E-state index contributed by atoms with van der Waals surface area (Å²) >= 11 is 0. The molecule has 0 spiro atoms. The number of nitrogens with one attached hydrogen (secondary N) is 1. The van der Waals surface area contributed by atoms with Gasteiger partial charge >= 0.3 is 11.8 Å². The third kappa shape index (κ3) is 3.34. The number of hydrogen-bond acceptors (Lipinski definition) is 9. The van der Waals surface area contributed by atoms with E-state index in [9.17, 15) is 4.79 Å².